The molecule has 1 atom stereocenters. The summed E-state index contributed by atoms with van der Waals surface area (Å²) in [5.74, 6) is -0.582. The Morgan fingerprint density at radius 1 is 1.53 bits per heavy atom. The fourth-order valence-electron chi connectivity index (χ4n) is 1.28. The van der Waals surface area contributed by atoms with E-state index in [1.54, 1.807) is 14.0 Å². The van der Waals surface area contributed by atoms with Gasteiger partial charge >= 0.3 is 5.97 Å². The summed E-state index contributed by atoms with van der Waals surface area (Å²) in [6.07, 6.45) is 0. The molecule has 7 nitrogen and oxygen atoms in total. The van der Waals surface area contributed by atoms with Gasteiger partial charge in [-0.2, -0.15) is 4.81 Å². The number of piperazine rings is 1. The molecule has 1 heterocycles. The summed E-state index contributed by atoms with van der Waals surface area (Å²) in [6.45, 7) is 2.04. The largest absolute Gasteiger partial charge is 0.634 e. The first-order chi connectivity index (χ1) is 6.97. The van der Waals surface area contributed by atoms with Gasteiger partial charge in [0.15, 0.2) is 13.1 Å². The predicted octanol–water partition coefficient (Wildman–Crippen LogP) is -2.24. The first-order valence-electron chi connectivity index (χ1n) is 4.97. The molecule has 0 aromatic rings. The van der Waals surface area contributed by atoms with Crippen LogP contribution in [0.1, 0.15) is 6.92 Å². The first kappa shape index (κ1) is 12.3. The number of nitrogens with one attached hydrogen (secondary N) is 2. The second kappa shape index (κ2) is 4.86. The van der Waals surface area contributed by atoms with E-state index in [0.717, 1.165) is 0 Å². The van der Waals surface area contributed by atoms with Crippen LogP contribution in [0.3, 0.4) is 0 Å². The maximum Gasteiger partial charge on any atom is 0.383 e. The standard InChI is InChI=1S/C8H17N3O4/c1-7(9-2)8(12)15-11(14)5-3-10(13)4-6-11/h7,9-10H,3-6H2,1-2H3/t7-/m0/s1. The van der Waals surface area contributed by atoms with E-state index >= 15 is 0 Å². The van der Waals surface area contributed by atoms with Gasteiger partial charge in [-0.25, -0.2) is 4.79 Å². The molecular weight excluding hydrogens is 202 g/mol. The lowest BCUT2D eigenvalue weighted by Gasteiger charge is -2.43. The third-order valence-corrected chi connectivity index (χ3v) is 2.51. The van der Waals surface area contributed by atoms with Gasteiger partial charge in [0.25, 0.3) is 0 Å². The summed E-state index contributed by atoms with van der Waals surface area (Å²) < 4.78 is 0. The van der Waals surface area contributed by atoms with E-state index in [0.29, 0.717) is 0 Å². The zero-order valence-corrected chi connectivity index (χ0v) is 8.99. The van der Waals surface area contributed by atoms with Crippen molar-refractivity contribution < 1.29 is 19.5 Å². The maximum absolute atomic E-state index is 11.8. The van der Waals surface area contributed by atoms with E-state index in [-0.39, 0.29) is 31.2 Å². The molecule has 0 radical (unpaired) electrons. The van der Waals surface area contributed by atoms with Crippen LogP contribution in [-0.4, -0.2) is 50.0 Å². The average Bonchev–Trinajstić information content (AvgIpc) is 2.21. The normalized spacial score (nSPS) is 33.5. The van der Waals surface area contributed by atoms with Crippen molar-refractivity contribution in [2.24, 2.45) is 0 Å². The molecule has 88 valence electrons. The van der Waals surface area contributed by atoms with Crippen molar-refractivity contribution in [2.75, 3.05) is 33.2 Å². The van der Waals surface area contributed by atoms with Crippen LogP contribution in [0.15, 0.2) is 0 Å². The molecule has 1 aliphatic rings. The summed E-state index contributed by atoms with van der Waals surface area (Å²) in [4.78, 5) is 15.1. The van der Waals surface area contributed by atoms with E-state index in [4.69, 9.17) is 4.84 Å². The van der Waals surface area contributed by atoms with Gasteiger partial charge in [-0.15, -0.1) is 0 Å². The van der Waals surface area contributed by atoms with Crippen molar-refractivity contribution in [1.82, 2.24) is 5.32 Å². The molecule has 1 fully saturated rings. The van der Waals surface area contributed by atoms with Crippen LogP contribution in [0.2, 0.25) is 0 Å². The lowest BCUT2D eigenvalue weighted by atomic mass is 10.3. The average molecular weight is 219 g/mol. The topological polar surface area (TPSA) is 88.9 Å². The lowest BCUT2D eigenvalue weighted by molar-refractivity contribution is -1.09. The molecule has 0 aromatic carbocycles. The maximum atomic E-state index is 11.8. The van der Waals surface area contributed by atoms with Gasteiger partial charge in [-0.1, -0.05) is 0 Å². The summed E-state index contributed by atoms with van der Waals surface area (Å²) >= 11 is 0. The third kappa shape index (κ3) is 3.40. The number of hydrogen-bond acceptors (Lipinski definition) is 5. The molecule has 0 aliphatic carbocycles. The fraction of sp³-hybridized carbons (Fsp3) is 0.875. The van der Waals surface area contributed by atoms with Crippen LogP contribution in [0.5, 0.6) is 0 Å². The summed E-state index contributed by atoms with van der Waals surface area (Å²) in [5, 5.41) is 25.5. The number of likely N-dealkylation sites (N-methyl/N-ethyl adjacent to an activating group) is 1. The van der Waals surface area contributed by atoms with Crippen LogP contribution in [0.25, 0.3) is 0 Å². The number of quaternary nitrogens is 2. The number of hydroxylamine groups is 6. The minimum atomic E-state index is -1.03. The van der Waals surface area contributed by atoms with Gasteiger partial charge in [0, 0.05) is 0 Å². The number of rotatable bonds is 3. The van der Waals surface area contributed by atoms with Crippen LogP contribution >= 0.6 is 0 Å². The Labute approximate surface area is 88.3 Å². The SMILES string of the molecule is CN[C@@H](C)C(=O)O[N+]1([O-])CC[NH+]([O-])CC1. The van der Waals surface area contributed by atoms with E-state index in [2.05, 4.69) is 5.32 Å². The molecule has 1 aliphatic heterocycles. The Morgan fingerprint density at radius 3 is 2.53 bits per heavy atom. The summed E-state index contributed by atoms with van der Waals surface area (Å²) in [5.41, 5.74) is 0. The van der Waals surface area contributed by atoms with E-state index in [1.807, 2.05) is 0 Å². The van der Waals surface area contributed by atoms with Crippen molar-refractivity contribution in [3.8, 4) is 0 Å². The van der Waals surface area contributed by atoms with E-state index in [9.17, 15) is 15.2 Å². The number of nitrogens with zero attached hydrogens (tertiary/aromatic N) is 1. The van der Waals surface area contributed by atoms with Crippen molar-refractivity contribution in [1.29, 1.82) is 0 Å². The van der Waals surface area contributed by atoms with Gasteiger partial charge in [0.05, 0.1) is 0 Å². The van der Waals surface area contributed by atoms with Gasteiger partial charge in [0.2, 0.25) is 0 Å². The molecular formula is C8H17N3O4. The Kier molecular flexibility index (Phi) is 4.00. The zero-order chi connectivity index (χ0) is 11.5. The second-order valence-electron chi connectivity index (χ2n) is 3.72. The molecule has 7 heteroatoms. The smallest absolute Gasteiger partial charge is 0.383 e. The highest BCUT2D eigenvalue weighted by molar-refractivity contribution is 5.74. The highest BCUT2D eigenvalue weighted by Gasteiger charge is 2.31. The Balaban J connectivity index is 2.46. The Hall–Kier alpha value is -0.730. The second-order valence-corrected chi connectivity index (χ2v) is 3.72. The molecule has 0 unspecified atom stereocenters. The number of hydrogen-bond donors (Lipinski definition) is 2. The molecule has 0 spiro atoms. The lowest BCUT2D eigenvalue weighted by Crippen LogP contribution is -3.11. The zero-order valence-electron chi connectivity index (χ0n) is 8.99. The highest BCUT2D eigenvalue weighted by atomic mass is 16.9. The molecule has 15 heavy (non-hydrogen) atoms. The van der Waals surface area contributed by atoms with Crippen molar-refractivity contribution in [3.05, 3.63) is 10.4 Å². The van der Waals surface area contributed by atoms with E-state index < -0.39 is 16.8 Å². The Morgan fingerprint density at radius 2 is 2.07 bits per heavy atom. The minimum absolute atomic E-state index is 0.0288. The number of carbonyl (C=O) groups excluding carboxylic acids is 1. The van der Waals surface area contributed by atoms with Crippen molar-refractivity contribution in [2.45, 2.75) is 13.0 Å². The van der Waals surface area contributed by atoms with Gasteiger partial charge in [-0.3, -0.25) is 4.84 Å². The van der Waals surface area contributed by atoms with Gasteiger partial charge < -0.3 is 20.8 Å². The third-order valence-electron chi connectivity index (χ3n) is 2.51. The fourth-order valence-corrected chi connectivity index (χ4v) is 1.28. The summed E-state index contributed by atoms with van der Waals surface area (Å²) in [6, 6.07) is -0.508. The quantitative estimate of drug-likeness (QED) is 0.414. The highest BCUT2D eigenvalue weighted by Crippen LogP contribution is 2.07. The molecule has 1 saturated heterocycles. The molecule has 0 bridgehead atoms. The minimum Gasteiger partial charge on any atom is -0.634 e. The van der Waals surface area contributed by atoms with Crippen LogP contribution in [-0.2, 0) is 9.63 Å². The van der Waals surface area contributed by atoms with E-state index in [1.165, 1.54) is 0 Å². The molecule has 0 amide bonds. The monoisotopic (exact) mass is 219 g/mol. The number of carbonyl (C=O) groups is 1. The summed E-state index contributed by atoms with van der Waals surface area (Å²) in [7, 11) is 1.61. The molecule has 1 rings (SSSR count). The van der Waals surface area contributed by atoms with Crippen LogP contribution in [0.4, 0.5) is 0 Å². The van der Waals surface area contributed by atoms with Gasteiger partial charge in [0.1, 0.15) is 19.1 Å². The van der Waals surface area contributed by atoms with Crippen molar-refractivity contribution in [3.63, 3.8) is 0 Å². The van der Waals surface area contributed by atoms with Crippen LogP contribution < -0.4 is 10.4 Å². The molecule has 2 N–H and O–H groups in total. The van der Waals surface area contributed by atoms with Crippen molar-refractivity contribution >= 4 is 5.97 Å². The predicted molar refractivity (Wildman–Crippen MR) is 52.0 cm³/mol. The molecule has 0 saturated carbocycles. The Bertz CT molecular complexity index is 228. The van der Waals surface area contributed by atoms with Gasteiger partial charge in [-0.05, 0) is 14.0 Å². The van der Waals surface area contributed by atoms with Crippen LogP contribution in [0, 0.1) is 10.4 Å². The first-order valence-corrected chi connectivity index (χ1v) is 4.97. The molecule has 0 aromatic heterocycles.